The number of anilines is 2. The van der Waals surface area contributed by atoms with Gasteiger partial charge in [-0.05, 0) is 55.2 Å². The van der Waals surface area contributed by atoms with Crippen LogP contribution in [0, 0.1) is 12.7 Å². The zero-order valence-corrected chi connectivity index (χ0v) is 16.9. The molecule has 0 bridgehead atoms. The number of amides is 1. The quantitative estimate of drug-likeness (QED) is 0.694. The Hall–Kier alpha value is -3.35. The van der Waals surface area contributed by atoms with E-state index in [1.54, 1.807) is 24.5 Å². The molecule has 1 atom stereocenters. The largest absolute Gasteiger partial charge is 0.342 e. The lowest BCUT2D eigenvalue weighted by atomic mass is 9.94. The Morgan fingerprint density at radius 3 is 2.77 bits per heavy atom. The molecular weight excluding hydrogens is 381 g/mol. The lowest BCUT2D eigenvalue weighted by Crippen LogP contribution is -2.40. The molecule has 1 aliphatic heterocycles. The fourth-order valence-electron chi connectivity index (χ4n) is 3.65. The molecule has 0 saturated carbocycles. The van der Waals surface area contributed by atoms with Crippen molar-refractivity contribution >= 4 is 17.7 Å². The first-order chi connectivity index (χ1) is 14.6. The summed E-state index contributed by atoms with van der Waals surface area (Å²) in [6.45, 7) is 3.35. The van der Waals surface area contributed by atoms with Crippen molar-refractivity contribution in [3.05, 3.63) is 77.5 Å². The van der Waals surface area contributed by atoms with Crippen molar-refractivity contribution in [2.75, 3.05) is 18.4 Å². The van der Waals surface area contributed by atoms with E-state index in [0.717, 1.165) is 36.2 Å². The second-order valence-corrected chi connectivity index (χ2v) is 7.63. The second-order valence-electron chi connectivity index (χ2n) is 7.63. The summed E-state index contributed by atoms with van der Waals surface area (Å²) in [5, 5.41) is 3.14. The molecule has 0 spiro atoms. The summed E-state index contributed by atoms with van der Waals surface area (Å²) in [5.74, 6) is 1.11. The molecule has 1 amide bonds. The van der Waals surface area contributed by atoms with E-state index >= 15 is 0 Å². The minimum atomic E-state index is -0.293. The molecular formula is C23H24FN5O. The molecule has 0 aliphatic carbocycles. The topological polar surface area (TPSA) is 71.0 Å². The van der Waals surface area contributed by atoms with Gasteiger partial charge < -0.3 is 10.2 Å². The maximum atomic E-state index is 13.1. The van der Waals surface area contributed by atoms with Crippen LogP contribution in [0.15, 0.2) is 54.9 Å². The van der Waals surface area contributed by atoms with Crippen LogP contribution in [-0.2, 0) is 11.2 Å². The smallest absolute Gasteiger partial charge is 0.228 e. The summed E-state index contributed by atoms with van der Waals surface area (Å²) in [6, 6.07) is 11.9. The van der Waals surface area contributed by atoms with Gasteiger partial charge in [0, 0.05) is 31.4 Å². The maximum absolute atomic E-state index is 13.1. The molecule has 3 aromatic rings. The predicted octanol–water partition coefficient (Wildman–Crippen LogP) is 4.01. The Morgan fingerprint density at radius 1 is 1.17 bits per heavy atom. The van der Waals surface area contributed by atoms with Gasteiger partial charge in [0.25, 0.3) is 0 Å². The van der Waals surface area contributed by atoms with Gasteiger partial charge in [0.1, 0.15) is 11.6 Å². The first kappa shape index (κ1) is 19.9. The number of rotatable bonds is 5. The third-order valence-corrected chi connectivity index (χ3v) is 5.29. The van der Waals surface area contributed by atoms with E-state index in [2.05, 4.69) is 20.3 Å². The third-order valence-electron chi connectivity index (χ3n) is 5.29. The van der Waals surface area contributed by atoms with Crippen molar-refractivity contribution in [1.29, 1.82) is 0 Å². The zero-order chi connectivity index (χ0) is 20.9. The van der Waals surface area contributed by atoms with Gasteiger partial charge in [-0.1, -0.05) is 18.2 Å². The number of carbonyl (C=O) groups is 1. The van der Waals surface area contributed by atoms with Crippen molar-refractivity contribution in [3.8, 4) is 0 Å². The number of hydrogen-bond acceptors (Lipinski definition) is 5. The number of hydrogen-bond donors (Lipinski definition) is 1. The number of aryl methyl sites for hydroxylation is 1. The van der Waals surface area contributed by atoms with Gasteiger partial charge in [0.05, 0.1) is 12.1 Å². The second kappa shape index (κ2) is 8.98. The van der Waals surface area contributed by atoms with Crippen LogP contribution in [0.1, 0.15) is 35.6 Å². The average molecular weight is 405 g/mol. The van der Waals surface area contributed by atoms with E-state index in [0.29, 0.717) is 18.3 Å². The fraction of sp³-hybridized carbons (Fsp3) is 0.304. The molecule has 1 unspecified atom stereocenters. The SMILES string of the molecule is Cc1ccc(Nc2nccc(C3CCCN(C(=O)Cc4ccc(F)cc4)C3)n2)nc1. The van der Waals surface area contributed by atoms with Crippen LogP contribution in [0.4, 0.5) is 16.2 Å². The van der Waals surface area contributed by atoms with Gasteiger partial charge in [-0.25, -0.2) is 19.3 Å². The van der Waals surface area contributed by atoms with Crippen LogP contribution in [0.2, 0.25) is 0 Å². The molecule has 1 fully saturated rings. The molecule has 1 aliphatic rings. The average Bonchev–Trinajstić information content (AvgIpc) is 2.77. The first-order valence-electron chi connectivity index (χ1n) is 10.1. The number of piperidine rings is 1. The number of nitrogens with one attached hydrogen (secondary N) is 1. The molecule has 30 heavy (non-hydrogen) atoms. The summed E-state index contributed by atoms with van der Waals surface area (Å²) >= 11 is 0. The van der Waals surface area contributed by atoms with Gasteiger partial charge in [0.15, 0.2) is 0 Å². The summed E-state index contributed by atoms with van der Waals surface area (Å²) in [6.07, 6.45) is 5.70. The monoisotopic (exact) mass is 405 g/mol. The number of halogens is 1. The maximum Gasteiger partial charge on any atom is 0.228 e. The fourth-order valence-corrected chi connectivity index (χ4v) is 3.65. The van der Waals surface area contributed by atoms with Gasteiger partial charge in [0.2, 0.25) is 11.9 Å². The molecule has 7 heteroatoms. The molecule has 4 rings (SSSR count). The third kappa shape index (κ3) is 4.97. The Bertz CT molecular complexity index is 1010. The highest BCUT2D eigenvalue weighted by Gasteiger charge is 2.26. The Labute approximate surface area is 175 Å². The zero-order valence-electron chi connectivity index (χ0n) is 16.9. The van der Waals surface area contributed by atoms with Gasteiger partial charge in [-0.15, -0.1) is 0 Å². The summed E-state index contributed by atoms with van der Waals surface area (Å²) in [7, 11) is 0. The Kier molecular flexibility index (Phi) is 5.97. The van der Waals surface area contributed by atoms with E-state index in [9.17, 15) is 9.18 Å². The van der Waals surface area contributed by atoms with Gasteiger partial charge >= 0.3 is 0 Å². The van der Waals surface area contributed by atoms with E-state index in [-0.39, 0.29) is 24.1 Å². The molecule has 6 nitrogen and oxygen atoms in total. The normalized spacial score (nSPS) is 16.3. The minimum Gasteiger partial charge on any atom is -0.342 e. The van der Waals surface area contributed by atoms with Crippen LogP contribution in [0.25, 0.3) is 0 Å². The van der Waals surface area contributed by atoms with Crippen molar-refractivity contribution in [2.24, 2.45) is 0 Å². The molecule has 1 aromatic carbocycles. The number of aromatic nitrogens is 3. The molecule has 0 radical (unpaired) electrons. The van der Waals surface area contributed by atoms with Crippen LogP contribution >= 0.6 is 0 Å². The van der Waals surface area contributed by atoms with Crippen molar-refractivity contribution in [3.63, 3.8) is 0 Å². The molecule has 154 valence electrons. The van der Waals surface area contributed by atoms with Gasteiger partial charge in [-0.3, -0.25) is 4.79 Å². The van der Waals surface area contributed by atoms with Crippen LogP contribution in [0.3, 0.4) is 0 Å². The van der Waals surface area contributed by atoms with Crippen LogP contribution in [-0.4, -0.2) is 38.8 Å². The number of carbonyl (C=O) groups excluding carboxylic acids is 1. The number of likely N-dealkylation sites (tertiary alicyclic amines) is 1. The molecule has 3 heterocycles. The van der Waals surface area contributed by atoms with Crippen LogP contribution in [0.5, 0.6) is 0 Å². The highest BCUT2D eigenvalue weighted by atomic mass is 19.1. The van der Waals surface area contributed by atoms with E-state index in [1.165, 1.54) is 12.1 Å². The standard InChI is InChI=1S/C23H24FN5O/c1-16-4-9-21(26-14-16)28-23-25-11-10-20(27-23)18-3-2-12-29(15-18)22(30)13-17-5-7-19(24)8-6-17/h4-11,14,18H,2-3,12-13,15H2,1H3,(H,25,26,27,28). The molecule has 1 saturated heterocycles. The summed E-state index contributed by atoms with van der Waals surface area (Å²) in [4.78, 5) is 27.9. The molecule has 1 N–H and O–H groups in total. The Balaban J connectivity index is 1.42. The van der Waals surface area contributed by atoms with Crippen molar-refractivity contribution < 1.29 is 9.18 Å². The summed E-state index contributed by atoms with van der Waals surface area (Å²) in [5.41, 5.74) is 2.82. The lowest BCUT2D eigenvalue weighted by Gasteiger charge is -2.32. The van der Waals surface area contributed by atoms with Crippen LogP contribution < -0.4 is 5.32 Å². The lowest BCUT2D eigenvalue weighted by molar-refractivity contribution is -0.131. The number of nitrogens with zero attached hydrogens (tertiary/aromatic N) is 4. The molecule has 2 aromatic heterocycles. The minimum absolute atomic E-state index is 0.0579. The predicted molar refractivity (Wildman–Crippen MR) is 113 cm³/mol. The number of pyridine rings is 1. The number of benzene rings is 1. The highest BCUT2D eigenvalue weighted by molar-refractivity contribution is 5.79. The highest BCUT2D eigenvalue weighted by Crippen LogP contribution is 2.27. The Morgan fingerprint density at radius 2 is 2.00 bits per heavy atom. The van der Waals surface area contributed by atoms with Crippen molar-refractivity contribution in [2.45, 2.75) is 32.1 Å². The van der Waals surface area contributed by atoms with E-state index < -0.39 is 0 Å². The van der Waals surface area contributed by atoms with Crippen molar-refractivity contribution in [1.82, 2.24) is 19.9 Å². The first-order valence-corrected chi connectivity index (χ1v) is 10.1. The van der Waals surface area contributed by atoms with E-state index in [4.69, 9.17) is 0 Å². The van der Waals surface area contributed by atoms with E-state index in [1.807, 2.05) is 30.0 Å². The summed E-state index contributed by atoms with van der Waals surface area (Å²) < 4.78 is 13.1. The van der Waals surface area contributed by atoms with Gasteiger partial charge in [-0.2, -0.15) is 0 Å².